The Morgan fingerprint density at radius 3 is 2.50 bits per heavy atom. The first-order chi connectivity index (χ1) is 7.61. The van der Waals surface area contributed by atoms with Gasteiger partial charge in [-0.25, -0.2) is 9.18 Å². The lowest BCUT2D eigenvalue weighted by Crippen LogP contribution is -2.33. The minimum Gasteiger partial charge on any atom is -0.468 e. The summed E-state index contributed by atoms with van der Waals surface area (Å²) in [5.74, 6) is -0.935. The lowest BCUT2D eigenvalue weighted by Gasteiger charge is -2.06. The molecular formula is C10H11FN2O3. The number of benzene rings is 1. The average Bonchev–Trinajstić information content (AvgIpc) is 2.29. The van der Waals surface area contributed by atoms with Gasteiger partial charge in [0.25, 0.3) is 0 Å². The number of rotatable bonds is 3. The number of hydrogen-bond acceptors (Lipinski definition) is 3. The Kier molecular flexibility index (Phi) is 4.26. The predicted molar refractivity (Wildman–Crippen MR) is 55.4 cm³/mol. The third kappa shape index (κ3) is 3.95. The third-order valence-electron chi connectivity index (χ3n) is 1.72. The molecular weight excluding hydrogens is 215 g/mol. The third-order valence-corrected chi connectivity index (χ3v) is 1.72. The van der Waals surface area contributed by atoms with Crippen molar-refractivity contribution in [2.45, 2.75) is 0 Å². The molecule has 0 saturated carbocycles. The van der Waals surface area contributed by atoms with Crippen molar-refractivity contribution in [3.63, 3.8) is 0 Å². The SMILES string of the molecule is COC(=O)CNC(=O)Nc1ccc(F)cc1. The van der Waals surface area contributed by atoms with Crippen LogP contribution in [0.15, 0.2) is 24.3 Å². The molecule has 0 aliphatic heterocycles. The molecule has 2 N–H and O–H groups in total. The van der Waals surface area contributed by atoms with E-state index in [0.717, 1.165) is 0 Å². The van der Waals surface area contributed by atoms with E-state index in [9.17, 15) is 14.0 Å². The van der Waals surface area contributed by atoms with Crippen molar-refractivity contribution in [1.29, 1.82) is 0 Å². The topological polar surface area (TPSA) is 67.4 Å². The van der Waals surface area contributed by atoms with Crippen LogP contribution in [0.25, 0.3) is 0 Å². The molecule has 0 heterocycles. The first-order valence-corrected chi connectivity index (χ1v) is 4.49. The Bertz CT molecular complexity index is 378. The number of anilines is 1. The van der Waals surface area contributed by atoms with Gasteiger partial charge in [-0.3, -0.25) is 4.79 Å². The van der Waals surface area contributed by atoms with Crippen molar-refractivity contribution in [3.05, 3.63) is 30.1 Å². The van der Waals surface area contributed by atoms with Crippen LogP contribution >= 0.6 is 0 Å². The summed E-state index contributed by atoms with van der Waals surface area (Å²) in [6.07, 6.45) is 0. The highest BCUT2D eigenvalue weighted by molar-refractivity contribution is 5.91. The van der Waals surface area contributed by atoms with Crippen LogP contribution in [0.5, 0.6) is 0 Å². The zero-order chi connectivity index (χ0) is 12.0. The lowest BCUT2D eigenvalue weighted by molar-refractivity contribution is -0.139. The standard InChI is InChI=1S/C10H11FN2O3/c1-16-9(14)6-12-10(15)13-8-4-2-7(11)3-5-8/h2-5H,6H2,1H3,(H2,12,13,15). The quantitative estimate of drug-likeness (QED) is 0.759. The normalized spacial score (nSPS) is 9.38. The Labute approximate surface area is 91.6 Å². The van der Waals surface area contributed by atoms with Crippen molar-refractivity contribution >= 4 is 17.7 Å². The number of nitrogens with one attached hydrogen (secondary N) is 2. The van der Waals surface area contributed by atoms with Crippen LogP contribution in [0.2, 0.25) is 0 Å². The molecule has 5 nitrogen and oxygen atoms in total. The molecule has 1 aromatic rings. The monoisotopic (exact) mass is 226 g/mol. The maximum atomic E-state index is 12.5. The minimum atomic E-state index is -0.558. The molecule has 0 radical (unpaired) electrons. The van der Waals surface area contributed by atoms with Gasteiger partial charge in [-0.2, -0.15) is 0 Å². The molecule has 86 valence electrons. The van der Waals surface area contributed by atoms with Crippen molar-refractivity contribution in [2.24, 2.45) is 0 Å². The van der Waals surface area contributed by atoms with Crippen molar-refractivity contribution in [3.8, 4) is 0 Å². The van der Waals surface area contributed by atoms with Crippen LogP contribution in [0.4, 0.5) is 14.9 Å². The van der Waals surface area contributed by atoms with E-state index in [-0.39, 0.29) is 12.4 Å². The summed E-state index contributed by atoms with van der Waals surface area (Å²) in [5.41, 5.74) is 0.434. The largest absolute Gasteiger partial charge is 0.468 e. The molecule has 1 rings (SSSR count). The fourth-order valence-corrected chi connectivity index (χ4v) is 0.933. The molecule has 2 amide bonds. The Hall–Kier alpha value is -2.11. The summed E-state index contributed by atoms with van der Waals surface area (Å²) >= 11 is 0. The zero-order valence-corrected chi connectivity index (χ0v) is 8.62. The molecule has 16 heavy (non-hydrogen) atoms. The summed E-state index contributed by atoms with van der Waals surface area (Å²) in [7, 11) is 1.22. The van der Waals surface area contributed by atoms with Gasteiger partial charge < -0.3 is 15.4 Å². The number of urea groups is 1. The Morgan fingerprint density at radius 1 is 1.31 bits per heavy atom. The smallest absolute Gasteiger partial charge is 0.325 e. The molecule has 0 unspecified atom stereocenters. The zero-order valence-electron chi connectivity index (χ0n) is 8.62. The highest BCUT2D eigenvalue weighted by Crippen LogP contribution is 2.07. The van der Waals surface area contributed by atoms with E-state index in [4.69, 9.17) is 0 Å². The second kappa shape index (κ2) is 5.69. The summed E-state index contributed by atoms with van der Waals surface area (Å²) in [6, 6.07) is 4.70. The number of carbonyl (C=O) groups is 2. The van der Waals surface area contributed by atoms with Gasteiger partial charge in [0.05, 0.1) is 7.11 Å². The Balaban J connectivity index is 2.40. The van der Waals surface area contributed by atoms with E-state index in [1.165, 1.54) is 31.4 Å². The second-order valence-electron chi connectivity index (χ2n) is 2.89. The maximum Gasteiger partial charge on any atom is 0.325 e. The number of hydrogen-bond donors (Lipinski definition) is 2. The van der Waals surface area contributed by atoms with Gasteiger partial charge in [-0.05, 0) is 24.3 Å². The predicted octanol–water partition coefficient (Wildman–Crippen LogP) is 1.12. The highest BCUT2D eigenvalue weighted by atomic mass is 19.1. The number of methoxy groups -OCH3 is 1. The number of halogens is 1. The molecule has 0 bridgehead atoms. The van der Waals surface area contributed by atoms with Crippen LogP contribution in [0, 0.1) is 5.82 Å². The molecule has 0 aromatic heterocycles. The fourth-order valence-electron chi connectivity index (χ4n) is 0.933. The number of ether oxygens (including phenoxy) is 1. The first kappa shape index (κ1) is 12.0. The van der Waals surface area contributed by atoms with Gasteiger partial charge in [-0.1, -0.05) is 0 Å². The summed E-state index contributed by atoms with van der Waals surface area (Å²) in [6.45, 7) is -0.219. The van der Waals surface area contributed by atoms with Gasteiger partial charge >= 0.3 is 12.0 Å². The van der Waals surface area contributed by atoms with Crippen molar-refractivity contribution in [2.75, 3.05) is 19.0 Å². The molecule has 6 heteroatoms. The van der Waals surface area contributed by atoms with E-state index in [1.807, 2.05) is 0 Å². The van der Waals surface area contributed by atoms with Crippen LogP contribution < -0.4 is 10.6 Å². The molecule has 0 aliphatic rings. The van der Waals surface area contributed by atoms with Gasteiger partial charge in [0.15, 0.2) is 0 Å². The number of amides is 2. The van der Waals surface area contributed by atoms with E-state index in [1.54, 1.807) is 0 Å². The molecule has 1 aromatic carbocycles. The van der Waals surface area contributed by atoms with Crippen LogP contribution in [-0.4, -0.2) is 25.7 Å². The van der Waals surface area contributed by atoms with Crippen LogP contribution in [-0.2, 0) is 9.53 Å². The lowest BCUT2D eigenvalue weighted by atomic mass is 10.3. The van der Waals surface area contributed by atoms with Crippen molar-refractivity contribution in [1.82, 2.24) is 5.32 Å². The Morgan fingerprint density at radius 2 is 1.94 bits per heavy atom. The van der Waals surface area contributed by atoms with E-state index < -0.39 is 12.0 Å². The maximum absolute atomic E-state index is 12.5. The summed E-state index contributed by atoms with van der Waals surface area (Å²) < 4.78 is 16.9. The molecule has 0 saturated heterocycles. The summed E-state index contributed by atoms with van der Waals surface area (Å²) in [5, 5.41) is 4.70. The molecule has 0 aliphatic carbocycles. The van der Waals surface area contributed by atoms with Gasteiger partial charge in [-0.15, -0.1) is 0 Å². The molecule has 0 atom stereocenters. The first-order valence-electron chi connectivity index (χ1n) is 4.49. The van der Waals surface area contributed by atoms with Gasteiger partial charge in [0, 0.05) is 5.69 Å². The van der Waals surface area contributed by atoms with Crippen LogP contribution in [0.1, 0.15) is 0 Å². The fraction of sp³-hybridized carbons (Fsp3) is 0.200. The average molecular weight is 226 g/mol. The highest BCUT2D eigenvalue weighted by Gasteiger charge is 2.04. The van der Waals surface area contributed by atoms with E-state index >= 15 is 0 Å². The molecule has 0 spiro atoms. The van der Waals surface area contributed by atoms with E-state index in [2.05, 4.69) is 15.4 Å². The van der Waals surface area contributed by atoms with E-state index in [0.29, 0.717) is 5.69 Å². The second-order valence-corrected chi connectivity index (χ2v) is 2.89. The number of carbonyl (C=O) groups excluding carboxylic acids is 2. The molecule has 0 fully saturated rings. The van der Waals surface area contributed by atoms with Crippen molar-refractivity contribution < 1.29 is 18.7 Å². The van der Waals surface area contributed by atoms with Crippen LogP contribution in [0.3, 0.4) is 0 Å². The van der Waals surface area contributed by atoms with Gasteiger partial charge in [0.1, 0.15) is 12.4 Å². The van der Waals surface area contributed by atoms with Gasteiger partial charge in [0.2, 0.25) is 0 Å². The number of esters is 1. The minimum absolute atomic E-state index is 0.219. The summed E-state index contributed by atoms with van der Waals surface area (Å²) in [4.78, 5) is 21.9.